The molecule has 0 radical (unpaired) electrons. The van der Waals surface area contributed by atoms with Crippen LogP contribution in [-0.4, -0.2) is 23.5 Å². The van der Waals surface area contributed by atoms with E-state index < -0.39 is 16.4 Å². The normalized spacial score (nSPS) is 13.8. The van der Waals surface area contributed by atoms with E-state index in [1.165, 1.54) is 5.67 Å². The lowest BCUT2D eigenvalue weighted by Gasteiger charge is -2.27. The molecule has 0 unspecified atom stereocenters. The lowest BCUT2D eigenvalue weighted by Crippen LogP contribution is -2.39. The van der Waals surface area contributed by atoms with Crippen LogP contribution in [-0.2, 0) is 4.43 Å². The van der Waals surface area contributed by atoms with E-state index in [0.717, 1.165) is 0 Å². The zero-order valence-electron chi connectivity index (χ0n) is 8.12. The smallest absolute Gasteiger partial charge is 0.183 e. The Balaban J connectivity index is 3.89. The summed E-state index contributed by atoms with van der Waals surface area (Å²) in [6, 6.07) is 0. The summed E-state index contributed by atoms with van der Waals surface area (Å²) in [4.78, 5) is 0. The van der Waals surface area contributed by atoms with Crippen molar-refractivity contribution in [3.8, 4) is 0 Å². The molecule has 0 aromatic carbocycles. The van der Waals surface area contributed by atoms with Crippen molar-refractivity contribution in [3.63, 3.8) is 0 Å². The third-order valence-electron chi connectivity index (χ3n) is 1.51. The van der Waals surface area contributed by atoms with Crippen molar-refractivity contribution in [2.24, 2.45) is 0 Å². The fraction of sp³-hybridized carbons (Fsp3) is 1.00. The Morgan fingerprint density at radius 2 is 1.40 bits per heavy atom. The molecule has 0 aliphatic heterocycles. The largest absolute Gasteiger partial charge is 0.421 e. The predicted molar refractivity (Wildman–Crippen MR) is 52.6 cm³/mol. The van der Waals surface area contributed by atoms with Crippen molar-refractivity contribution in [2.45, 2.75) is 38.4 Å². The van der Waals surface area contributed by atoms with Gasteiger partial charge in [0.05, 0.1) is 0 Å². The molecule has 0 aliphatic carbocycles. The van der Waals surface area contributed by atoms with E-state index in [1.54, 1.807) is 0 Å². The van der Waals surface area contributed by atoms with Gasteiger partial charge in [-0.05, 0) is 18.8 Å². The molecule has 0 spiro atoms. The zero-order chi connectivity index (χ0) is 8.41. The topological polar surface area (TPSA) is 9.23 Å². The second-order valence-corrected chi connectivity index (χ2v) is 15.2. The number of rotatable bonds is 3. The highest BCUT2D eigenvalue weighted by molar-refractivity contribution is 6.91. The molecule has 3 heteroatoms. The van der Waals surface area contributed by atoms with Crippen LogP contribution in [0, 0.1) is 0 Å². The van der Waals surface area contributed by atoms with Crippen molar-refractivity contribution in [2.75, 3.05) is 7.11 Å². The van der Waals surface area contributed by atoms with Crippen molar-refractivity contribution in [3.05, 3.63) is 0 Å². The van der Waals surface area contributed by atoms with Gasteiger partial charge in [-0.3, -0.25) is 0 Å². The maximum absolute atomic E-state index is 5.49. The Morgan fingerprint density at radius 1 is 1.00 bits per heavy atom. The van der Waals surface area contributed by atoms with Gasteiger partial charge in [0.25, 0.3) is 0 Å². The number of hydrogen-bond acceptors (Lipinski definition) is 1. The van der Waals surface area contributed by atoms with Gasteiger partial charge < -0.3 is 4.43 Å². The predicted octanol–water partition coefficient (Wildman–Crippen LogP) is 2.72. The minimum atomic E-state index is -1.25. The van der Waals surface area contributed by atoms with Crippen LogP contribution in [0.25, 0.3) is 0 Å². The summed E-state index contributed by atoms with van der Waals surface area (Å²) in [5.41, 5.74) is 1.37. The van der Waals surface area contributed by atoms with Crippen LogP contribution in [0.4, 0.5) is 0 Å². The second kappa shape index (κ2) is 3.19. The molecular formula is C7H20OSi2. The fourth-order valence-corrected chi connectivity index (χ4v) is 12.1. The lowest BCUT2D eigenvalue weighted by atomic mass is 11.7. The van der Waals surface area contributed by atoms with Crippen LogP contribution >= 0.6 is 0 Å². The van der Waals surface area contributed by atoms with Gasteiger partial charge in [-0.2, -0.15) is 0 Å². The lowest BCUT2D eigenvalue weighted by molar-refractivity contribution is 0.408. The third kappa shape index (κ3) is 5.20. The molecule has 0 amide bonds. The maximum atomic E-state index is 5.49. The molecule has 0 fully saturated rings. The Labute approximate surface area is 66.9 Å². The van der Waals surface area contributed by atoms with E-state index in [1.807, 2.05) is 7.11 Å². The van der Waals surface area contributed by atoms with Gasteiger partial charge in [0.15, 0.2) is 8.32 Å². The van der Waals surface area contributed by atoms with E-state index in [-0.39, 0.29) is 0 Å². The van der Waals surface area contributed by atoms with Crippen LogP contribution in [0.3, 0.4) is 0 Å². The van der Waals surface area contributed by atoms with Gasteiger partial charge in [0.1, 0.15) is 0 Å². The monoisotopic (exact) mass is 176 g/mol. The molecule has 1 nitrogen and oxygen atoms in total. The fourth-order valence-electron chi connectivity index (χ4n) is 1.35. The summed E-state index contributed by atoms with van der Waals surface area (Å²) in [7, 11) is -0.274. The van der Waals surface area contributed by atoms with Crippen LogP contribution < -0.4 is 0 Å². The van der Waals surface area contributed by atoms with Crippen LogP contribution in [0.5, 0.6) is 0 Å². The summed E-state index contributed by atoms with van der Waals surface area (Å²) < 4.78 is 5.49. The summed E-state index contributed by atoms with van der Waals surface area (Å²) in [6.07, 6.45) is 0. The van der Waals surface area contributed by atoms with Crippen LogP contribution in [0.2, 0.25) is 38.4 Å². The average molecular weight is 176 g/mol. The summed E-state index contributed by atoms with van der Waals surface area (Å²) in [5, 5.41) is 0. The quantitative estimate of drug-likeness (QED) is 0.601. The van der Waals surface area contributed by atoms with E-state index in [9.17, 15) is 0 Å². The average Bonchev–Trinajstić information content (AvgIpc) is 1.60. The third-order valence-corrected chi connectivity index (χ3v) is 10.3. The number of hydrogen-bond donors (Lipinski definition) is 0. The van der Waals surface area contributed by atoms with E-state index in [4.69, 9.17) is 4.43 Å². The molecule has 10 heavy (non-hydrogen) atoms. The highest BCUT2D eigenvalue weighted by Crippen LogP contribution is 2.19. The van der Waals surface area contributed by atoms with Crippen molar-refractivity contribution < 1.29 is 4.43 Å². The van der Waals surface area contributed by atoms with Gasteiger partial charge >= 0.3 is 0 Å². The Hall–Kier alpha value is 0.394. The molecule has 0 saturated heterocycles. The van der Waals surface area contributed by atoms with E-state index in [0.29, 0.717) is 0 Å². The highest BCUT2D eigenvalue weighted by atomic mass is 28.4. The van der Waals surface area contributed by atoms with Gasteiger partial charge in [-0.25, -0.2) is 0 Å². The Morgan fingerprint density at radius 3 is 1.50 bits per heavy atom. The summed E-state index contributed by atoms with van der Waals surface area (Å²) >= 11 is 0. The molecule has 0 rings (SSSR count). The SMILES string of the molecule is CO[Si](C)(C)C[Si](C)(C)C. The van der Waals surface area contributed by atoms with Crippen molar-refractivity contribution in [1.29, 1.82) is 0 Å². The van der Waals surface area contributed by atoms with Gasteiger partial charge in [0.2, 0.25) is 0 Å². The van der Waals surface area contributed by atoms with E-state index >= 15 is 0 Å². The minimum absolute atomic E-state index is 0.877. The van der Waals surface area contributed by atoms with Gasteiger partial charge in [-0.15, -0.1) is 0 Å². The van der Waals surface area contributed by atoms with E-state index in [2.05, 4.69) is 32.7 Å². The van der Waals surface area contributed by atoms with Crippen LogP contribution in [0.1, 0.15) is 0 Å². The molecule has 62 valence electrons. The standard InChI is InChI=1S/C7H20OSi2/c1-8-10(5,6)7-9(2,3)4/h7H2,1-6H3. The Bertz CT molecular complexity index is 105. The first-order valence-corrected chi connectivity index (χ1v) is 10.6. The molecule has 0 saturated carbocycles. The molecule has 0 N–H and O–H groups in total. The first-order chi connectivity index (χ1) is 4.27. The zero-order valence-corrected chi connectivity index (χ0v) is 10.1. The van der Waals surface area contributed by atoms with Crippen LogP contribution in [0.15, 0.2) is 0 Å². The first kappa shape index (κ1) is 10.4. The summed E-state index contributed by atoms with van der Waals surface area (Å²) in [6.45, 7) is 11.8. The Kier molecular flexibility index (Phi) is 3.32. The van der Waals surface area contributed by atoms with Crippen molar-refractivity contribution >= 4 is 16.4 Å². The van der Waals surface area contributed by atoms with Crippen molar-refractivity contribution in [1.82, 2.24) is 0 Å². The molecule has 0 aromatic heterocycles. The summed E-state index contributed by atoms with van der Waals surface area (Å²) in [5.74, 6) is 0. The van der Waals surface area contributed by atoms with Gasteiger partial charge in [-0.1, -0.05) is 19.6 Å². The first-order valence-electron chi connectivity index (χ1n) is 3.82. The molecule has 0 aliphatic rings. The molecular weight excluding hydrogens is 156 g/mol. The minimum Gasteiger partial charge on any atom is -0.421 e. The molecule has 0 heterocycles. The molecule has 0 atom stereocenters. The second-order valence-electron chi connectivity index (χ2n) is 4.70. The van der Waals surface area contributed by atoms with Gasteiger partial charge in [0, 0.05) is 15.2 Å². The molecule has 0 aromatic rings. The molecule has 0 bridgehead atoms. The highest BCUT2D eigenvalue weighted by Gasteiger charge is 2.28. The maximum Gasteiger partial charge on any atom is 0.183 e.